The maximum Gasteiger partial charge on any atom is 0.276 e. The van der Waals surface area contributed by atoms with Gasteiger partial charge in [0.05, 0.1) is 5.69 Å². The molecule has 1 aliphatic rings. The number of anilines is 1. The maximum absolute atomic E-state index is 12.4. The molecule has 0 unspecified atom stereocenters. The highest BCUT2D eigenvalue weighted by molar-refractivity contribution is 5.97. The number of aryl methyl sites for hydroxylation is 1. The lowest BCUT2D eigenvalue weighted by Crippen LogP contribution is -2.44. The zero-order valence-corrected chi connectivity index (χ0v) is 12.0. The number of likely N-dealkylation sites (tertiary alicyclic amines) is 1. The number of hydrogen-bond donors (Lipinski definition) is 1. The third-order valence-corrected chi connectivity index (χ3v) is 3.80. The fraction of sp³-hybridized carbons (Fsp3) is 0.692. The van der Waals surface area contributed by atoms with Crippen molar-refractivity contribution in [1.29, 1.82) is 0 Å². The molecule has 2 rings (SSSR count). The normalized spacial score (nSPS) is 17.2. The number of nitrogens with two attached hydrogens (primary N) is 1. The van der Waals surface area contributed by atoms with Crippen LogP contribution in [0.1, 0.15) is 30.3 Å². The van der Waals surface area contributed by atoms with Gasteiger partial charge in [-0.1, -0.05) is 0 Å². The summed E-state index contributed by atoms with van der Waals surface area (Å²) in [5.74, 6) is -0.0399. The van der Waals surface area contributed by atoms with E-state index in [1.54, 1.807) is 10.9 Å². The quantitative estimate of drug-likeness (QED) is 0.871. The minimum Gasteiger partial charge on any atom is -0.396 e. The lowest BCUT2D eigenvalue weighted by molar-refractivity contribution is 0.0657. The number of rotatable bonds is 3. The third-order valence-electron chi connectivity index (χ3n) is 3.80. The van der Waals surface area contributed by atoms with Crippen molar-refractivity contribution in [2.45, 2.75) is 32.4 Å². The molecule has 1 fully saturated rings. The van der Waals surface area contributed by atoms with E-state index in [0.29, 0.717) is 17.4 Å². The third kappa shape index (κ3) is 2.89. The Labute approximate surface area is 114 Å². The highest BCUT2D eigenvalue weighted by Gasteiger charge is 2.27. The molecule has 1 aromatic rings. The molecule has 1 aliphatic heterocycles. The molecule has 19 heavy (non-hydrogen) atoms. The number of carbonyl (C=O) groups excluding carboxylic acids is 1. The molecule has 0 atom stereocenters. The second-order valence-corrected chi connectivity index (χ2v) is 5.28. The summed E-state index contributed by atoms with van der Waals surface area (Å²) < 4.78 is 1.70. The fourth-order valence-corrected chi connectivity index (χ4v) is 2.50. The fourth-order valence-electron chi connectivity index (χ4n) is 2.50. The van der Waals surface area contributed by atoms with Crippen LogP contribution >= 0.6 is 0 Å². The Hall–Kier alpha value is -1.56. The van der Waals surface area contributed by atoms with Crippen molar-refractivity contribution >= 4 is 11.6 Å². The molecule has 2 heterocycles. The van der Waals surface area contributed by atoms with E-state index in [1.165, 1.54) is 0 Å². The zero-order valence-electron chi connectivity index (χ0n) is 12.0. The molecule has 0 radical (unpaired) electrons. The van der Waals surface area contributed by atoms with Crippen molar-refractivity contribution in [3.63, 3.8) is 0 Å². The smallest absolute Gasteiger partial charge is 0.276 e. The second-order valence-electron chi connectivity index (χ2n) is 5.28. The van der Waals surface area contributed by atoms with E-state index in [4.69, 9.17) is 5.73 Å². The molecule has 1 aromatic heterocycles. The molecule has 0 spiro atoms. The largest absolute Gasteiger partial charge is 0.396 e. The Morgan fingerprint density at radius 3 is 2.58 bits per heavy atom. The van der Waals surface area contributed by atoms with E-state index in [9.17, 15) is 4.79 Å². The van der Waals surface area contributed by atoms with Gasteiger partial charge in [0.25, 0.3) is 5.91 Å². The van der Waals surface area contributed by atoms with E-state index < -0.39 is 0 Å². The molecule has 2 N–H and O–H groups in total. The van der Waals surface area contributed by atoms with Gasteiger partial charge in [-0.05, 0) is 33.9 Å². The van der Waals surface area contributed by atoms with Crippen LogP contribution in [-0.4, -0.2) is 58.7 Å². The van der Waals surface area contributed by atoms with E-state index in [-0.39, 0.29) is 5.91 Å². The van der Waals surface area contributed by atoms with Crippen LogP contribution in [0.2, 0.25) is 0 Å². The average molecular weight is 265 g/mol. The molecular weight excluding hydrogens is 242 g/mol. The Morgan fingerprint density at radius 1 is 1.47 bits per heavy atom. The van der Waals surface area contributed by atoms with E-state index >= 15 is 0 Å². The molecule has 1 saturated heterocycles. The highest BCUT2D eigenvalue weighted by atomic mass is 16.2. The molecule has 0 aliphatic carbocycles. The zero-order chi connectivity index (χ0) is 14.0. The summed E-state index contributed by atoms with van der Waals surface area (Å²) in [4.78, 5) is 16.5. The SMILES string of the molecule is CCn1cc(N)c(C(=O)N2CCC(N(C)C)CC2)n1. The Bertz CT molecular complexity index is 446. The van der Waals surface area contributed by atoms with Gasteiger partial charge in [0.15, 0.2) is 5.69 Å². The summed E-state index contributed by atoms with van der Waals surface area (Å²) in [7, 11) is 4.17. The number of aromatic nitrogens is 2. The van der Waals surface area contributed by atoms with Crippen molar-refractivity contribution in [2.24, 2.45) is 0 Å². The Kier molecular flexibility index (Phi) is 4.09. The predicted molar refractivity (Wildman–Crippen MR) is 74.9 cm³/mol. The van der Waals surface area contributed by atoms with Crippen LogP contribution in [0.4, 0.5) is 5.69 Å². The predicted octanol–water partition coefficient (Wildman–Crippen LogP) is 0.651. The summed E-state index contributed by atoms with van der Waals surface area (Å²) in [5.41, 5.74) is 6.73. The average Bonchev–Trinajstić information content (AvgIpc) is 2.79. The molecule has 1 amide bonds. The lowest BCUT2D eigenvalue weighted by atomic mass is 10.0. The molecule has 6 heteroatoms. The molecule has 6 nitrogen and oxygen atoms in total. The van der Waals surface area contributed by atoms with Crippen LogP contribution in [-0.2, 0) is 6.54 Å². The molecule has 0 aromatic carbocycles. The number of amides is 1. The van der Waals surface area contributed by atoms with Crippen LogP contribution < -0.4 is 5.73 Å². The van der Waals surface area contributed by atoms with Gasteiger partial charge in [-0.2, -0.15) is 5.10 Å². The highest BCUT2D eigenvalue weighted by Crippen LogP contribution is 2.18. The summed E-state index contributed by atoms with van der Waals surface area (Å²) >= 11 is 0. The van der Waals surface area contributed by atoms with E-state index in [2.05, 4.69) is 24.1 Å². The van der Waals surface area contributed by atoms with Crippen molar-refractivity contribution in [3.8, 4) is 0 Å². The summed E-state index contributed by atoms with van der Waals surface area (Å²) in [5, 5.41) is 4.25. The Balaban J connectivity index is 2.03. The monoisotopic (exact) mass is 265 g/mol. The van der Waals surface area contributed by atoms with Crippen molar-refractivity contribution < 1.29 is 4.79 Å². The molecular formula is C13H23N5O. The van der Waals surface area contributed by atoms with Gasteiger partial charge < -0.3 is 15.5 Å². The first kappa shape index (κ1) is 13.9. The van der Waals surface area contributed by atoms with Gasteiger partial charge >= 0.3 is 0 Å². The first-order valence-electron chi connectivity index (χ1n) is 6.81. The molecule has 0 bridgehead atoms. The summed E-state index contributed by atoms with van der Waals surface area (Å²) in [6, 6.07) is 0.564. The molecule has 0 saturated carbocycles. The van der Waals surface area contributed by atoms with Gasteiger partial charge in [0, 0.05) is 31.9 Å². The van der Waals surface area contributed by atoms with E-state index in [1.807, 2.05) is 11.8 Å². The van der Waals surface area contributed by atoms with Gasteiger partial charge in [-0.15, -0.1) is 0 Å². The standard InChI is InChI=1S/C13H23N5O/c1-4-18-9-11(14)12(15-18)13(19)17-7-5-10(6-8-17)16(2)3/h9-10H,4-8,14H2,1-3H3. The maximum atomic E-state index is 12.4. The number of nitrogen functional groups attached to an aromatic ring is 1. The van der Waals surface area contributed by atoms with Crippen LogP contribution in [0.3, 0.4) is 0 Å². The van der Waals surface area contributed by atoms with Crippen LogP contribution in [0.25, 0.3) is 0 Å². The number of carbonyl (C=O) groups is 1. The summed E-state index contributed by atoms with van der Waals surface area (Å²) in [6.45, 7) is 4.25. The second kappa shape index (κ2) is 5.61. The van der Waals surface area contributed by atoms with Crippen molar-refractivity contribution in [1.82, 2.24) is 19.6 Å². The van der Waals surface area contributed by atoms with E-state index in [0.717, 1.165) is 32.5 Å². The minimum absolute atomic E-state index is 0.0399. The van der Waals surface area contributed by atoms with Crippen molar-refractivity contribution in [2.75, 3.05) is 32.9 Å². The van der Waals surface area contributed by atoms with Crippen molar-refractivity contribution in [3.05, 3.63) is 11.9 Å². The van der Waals surface area contributed by atoms with Gasteiger partial charge in [0.2, 0.25) is 0 Å². The number of nitrogens with zero attached hydrogens (tertiary/aromatic N) is 4. The Morgan fingerprint density at radius 2 is 2.11 bits per heavy atom. The topological polar surface area (TPSA) is 67.4 Å². The first-order valence-corrected chi connectivity index (χ1v) is 6.81. The van der Waals surface area contributed by atoms with Crippen LogP contribution in [0.5, 0.6) is 0 Å². The lowest BCUT2D eigenvalue weighted by Gasteiger charge is -2.34. The number of piperidine rings is 1. The first-order chi connectivity index (χ1) is 9.02. The van der Waals surface area contributed by atoms with Gasteiger partial charge in [-0.3, -0.25) is 9.48 Å². The van der Waals surface area contributed by atoms with Crippen LogP contribution in [0.15, 0.2) is 6.20 Å². The minimum atomic E-state index is -0.0399. The van der Waals surface area contributed by atoms with Gasteiger partial charge in [-0.25, -0.2) is 0 Å². The summed E-state index contributed by atoms with van der Waals surface area (Å²) in [6.07, 6.45) is 3.74. The number of hydrogen-bond acceptors (Lipinski definition) is 4. The van der Waals surface area contributed by atoms with Crippen LogP contribution in [0, 0.1) is 0 Å². The van der Waals surface area contributed by atoms with Gasteiger partial charge in [0.1, 0.15) is 0 Å². The molecule has 106 valence electrons.